The zero-order chi connectivity index (χ0) is 13.3. The predicted octanol–water partition coefficient (Wildman–Crippen LogP) is 3.51. The van der Waals surface area contributed by atoms with Crippen LogP contribution in [0.4, 0.5) is 5.69 Å². The molecule has 1 aromatic rings. The third-order valence-electron chi connectivity index (χ3n) is 3.97. The maximum Gasteiger partial charge on any atom is 0.0956 e. The van der Waals surface area contributed by atoms with Gasteiger partial charge in [0.15, 0.2) is 0 Å². The fourth-order valence-corrected chi connectivity index (χ4v) is 3.68. The lowest BCUT2D eigenvalue weighted by Crippen LogP contribution is -2.44. The normalized spacial score (nSPS) is 30.7. The molecular formula is C15H20BrNO2. The molecule has 3 rings (SSSR count). The summed E-state index contributed by atoms with van der Waals surface area (Å²) in [6.07, 6.45) is 3.13. The first kappa shape index (κ1) is 13.4. The zero-order valence-corrected chi connectivity index (χ0v) is 12.8. The Morgan fingerprint density at radius 3 is 2.95 bits per heavy atom. The van der Waals surface area contributed by atoms with Crippen molar-refractivity contribution >= 4 is 21.6 Å². The molecule has 0 aliphatic carbocycles. The average molecular weight is 326 g/mol. The van der Waals surface area contributed by atoms with E-state index in [0.717, 1.165) is 43.6 Å². The van der Waals surface area contributed by atoms with Crippen molar-refractivity contribution in [3.8, 4) is 0 Å². The summed E-state index contributed by atoms with van der Waals surface area (Å²) in [4.78, 5) is 0. The van der Waals surface area contributed by atoms with Gasteiger partial charge in [-0.3, -0.25) is 0 Å². The molecule has 1 aromatic carbocycles. The molecule has 2 fully saturated rings. The summed E-state index contributed by atoms with van der Waals surface area (Å²) in [5.74, 6) is 0. The summed E-state index contributed by atoms with van der Waals surface area (Å²) in [7, 11) is 0. The van der Waals surface area contributed by atoms with Gasteiger partial charge in [0.05, 0.1) is 12.2 Å². The van der Waals surface area contributed by atoms with E-state index in [-0.39, 0.29) is 5.60 Å². The van der Waals surface area contributed by atoms with Crippen molar-refractivity contribution in [1.82, 2.24) is 0 Å². The number of hydrogen-bond donors (Lipinski definition) is 1. The highest BCUT2D eigenvalue weighted by molar-refractivity contribution is 9.10. The van der Waals surface area contributed by atoms with Crippen LogP contribution in [0.15, 0.2) is 22.7 Å². The molecule has 2 aliphatic heterocycles. The third kappa shape index (κ3) is 3.12. The second-order valence-electron chi connectivity index (χ2n) is 5.69. The molecule has 1 spiro atoms. The molecule has 1 N–H and O–H groups in total. The van der Waals surface area contributed by atoms with Crippen LogP contribution < -0.4 is 5.32 Å². The van der Waals surface area contributed by atoms with Crippen LogP contribution in [0, 0.1) is 6.92 Å². The van der Waals surface area contributed by atoms with E-state index >= 15 is 0 Å². The minimum Gasteiger partial charge on any atom is -0.382 e. The van der Waals surface area contributed by atoms with Crippen LogP contribution in [0.2, 0.25) is 0 Å². The molecule has 2 atom stereocenters. The molecule has 2 saturated heterocycles. The highest BCUT2D eigenvalue weighted by Gasteiger charge is 2.40. The summed E-state index contributed by atoms with van der Waals surface area (Å²) in [6, 6.07) is 6.93. The monoisotopic (exact) mass is 325 g/mol. The Labute approximate surface area is 122 Å². The molecule has 19 heavy (non-hydrogen) atoms. The minimum absolute atomic E-state index is 0.0308. The number of aryl methyl sites for hydroxylation is 1. The van der Waals surface area contributed by atoms with Crippen molar-refractivity contribution < 1.29 is 9.47 Å². The van der Waals surface area contributed by atoms with Gasteiger partial charge in [-0.2, -0.15) is 0 Å². The topological polar surface area (TPSA) is 30.5 Å². The average Bonchev–Trinajstić information content (AvgIpc) is 2.76. The summed E-state index contributed by atoms with van der Waals surface area (Å²) in [6.45, 7) is 4.53. The summed E-state index contributed by atoms with van der Waals surface area (Å²) < 4.78 is 12.6. The van der Waals surface area contributed by atoms with Crippen LogP contribution in [0.25, 0.3) is 0 Å². The fourth-order valence-electron chi connectivity index (χ4n) is 3.07. The van der Waals surface area contributed by atoms with Gasteiger partial charge in [-0.05, 0) is 43.5 Å². The smallest absolute Gasteiger partial charge is 0.0956 e. The first-order chi connectivity index (χ1) is 9.15. The Balaban J connectivity index is 1.69. The van der Waals surface area contributed by atoms with Crippen LogP contribution in [0.5, 0.6) is 0 Å². The van der Waals surface area contributed by atoms with Gasteiger partial charge < -0.3 is 14.8 Å². The predicted molar refractivity (Wildman–Crippen MR) is 79.6 cm³/mol. The number of rotatable bonds is 2. The van der Waals surface area contributed by atoms with Gasteiger partial charge in [-0.1, -0.05) is 15.9 Å². The van der Waals surface area contributed by atoms with E-state index in [1.807, 2.05) is 0 Å². The van der Waals surface area contributed by atoms with E-state index in [1.54, 1.807) is 0 Å². The molecule has 2 unspecified atom stereocenters. The van der Waals surface area contributed by atoms with Crippen molar-refractivity contribution in [2.75, 3.05) is 25.1 Å². The van der Waals surface area contributed by atoms with Crippen molar-refractivity contribution in [2.24, 2.45) is 0 Å². The van der Waals surface area contributed by atoms with Crippen LogP contribution in [-0.2, 0) is 9.47 Å². The van der Waals surface area contributed by atoms with Crippen LogP contribution in [-0.4, -0.2) is 31.5 Å². The molecule has 2 aliphatic rings. The fraction of sp³-hybridized carbons (Fsp3) is 0.600. The standard InChI is InChI=1S/C15H20BrNO2/c1-11-6-12(16)8-14(7-11)17-13-2-4-19-15(9-13)3-5-18-10-15/h6-8,13,17H,2-5,9-10H2,1H3. The van der Waals surface area contributed by atoms with Gasteiger partial charge >= 0.3 is 0 Å². The number of hydrogen-bond acceptors (Lipinski definition) is 3. The van der Waals surface area contributed by atoms with Gasteiger partial charge in [0.25, 0.3) is 0 Å². The van der Waals surface area contributed by atoms with E-state index in [1.165, 1.54) is 11.3 Å². The summed E-state index contributed by atoms with van der Waals surface area (Å²) >= 11 is 3.55. The van der Waals surface area contributed by atoms with Gasteiger partial charge in [-0.15, -0.1) is 0 Å². The van der Waals surface area contributed by atoms with Gasteiger partial charge in [0, 0.05) is 35.8 Å². The first-order valence-corrected chi connectivity index (χ1v) is 7.70. The van der Waals surface area contributed by atoms with Crippen LogP contribution >= 0.6 is 15.9 Å². The number of benzene rings is 1. The van der Waals surface area contributed by atoms with Gasteiger partial charge in [-0.25, -0.2) is 0 Å². The minimum atomic E-state index is -0.0308. The lowest BCUT2D eigenvalue weighted by atomic mass is 9.89. The Kier molecular flexibility index (Phi) is 3.83. The Hall–Kier alpha value is -0.580. The van der Waals surface area contributed by atoms with E-state index in [2.05, 4.69) is 46.4 Å². The number of nitrogens with one attached hydrogen (secondary N) is 1. The van der Waals surface area contributed by atoms with E-state index in [0.29, 0.717) is 6.04 Å². The van der Waals surface area contributed by atoms with Crippen molar-refractivity contribution in [1.29, 1.82) is 0 Å². The second kappa shape index (κ2) is 5.43. The van der Waals surface area contributed by atoms with Gasteiger partial charge in [0.1, 0.15) is 0 Å². The van der Waals surface area contributed by atoms with Crippen molar-refractivity contribution in [3.63, 3.8) is 0 Å². The molecule has 0 bridgehead atoms. The zero-order valence-electron chi connectivity index (χ0n) is 11.2. The lowest BCUT2D eigenvalue weighted by Gasteiger charge is -2.37. The van der Waals surface area contributed by atoms with E-state index < -0.39 is 0 Å². The molecule has 104 valence electrons. The van der Waals surface area contributed by atoms with E-state index in [4.69, 9.17) is 9.47 Å². The maximum atomic E-state index is 5.97. The maximum absolute atomic E-state index is 5.97. The number of ether oxygens (including phenoxy) is 2. The third-order valence-corrected chi connectivity index (χ3v) is 4.43. The molecule has 0 radical (unpaired) electrons. The molecule has 0 saturated carbocycles. The Bertz CT molecular complexity index is 437. The molecule has 2 heterocycles. The second-order valence-corrected chi connectivity index (χ2v) is 6.60. The lowest BCUT2D eigenvalue weighted by molar-refractivity contribution is -0.0828. The quantitative estimate of drug-likeness (QED) is 0.902. The highest BCUT2D eigenvalue weighted by Crippen LogP contribution is 2.34. The van der Waals surface area contributed by atoms with E-state index in [9.17, 15) is 0 Å². The summed E-state index contributed by atoms with van der Waals surface area (Å²) in [5, 5.41) is 3.65. The molecule has 0 aromatic heterocycles. The molecule has 4 heteroatoms. The molecule has 3 nitrogen and oxygen atoms in total. The SMILES string of the molecule is Cc1cc(Br)cc(NC2CCOC3(CCOC3)C2)c1. The van der Waals surface area contributed by atoms with Gasteiger partial charge in [0.2, 0.25) is 0 Å². The first-order valence-electron chi connectivity index (χ1n) is 6.91. The van der Waals surface area contributed by atoms with Crippen LogP contribution in [0.3, 0.4) is 0 Å². The Morgan fingerprint density at radius 1 is 1.32 bits per heavy atom. The largest absolute Gasteiger partial charge is 0.382 e. The van der Waals surface area contributed by atoms with Crippen molar-refractivity contribution in [3.05, 3.63) is 28.2 Å². The summed E-state index contributed by atoms with van der Waals surface area (Å²) in [5.41, 5.74) is 2.42. The molecular weight excluding hydrogens is 306 g/mol. The Morgan fingerprint density at radius 2 is 2.21 bits per heavy atom. The van der Waals surface area contributed by atoms with Crippen molar-refractivity contribution in [2.45, 2.75) is 37.8 Å². The van der Waals surface area contributed by atoms with Crippen LogP contribution in [0.1, 0.15) is 24.8 Å². The number of anilines is 1. The molecule has 0 amide bonds. The number of halogens is 1. The highest BCUT2D eigenvalue weighted by atomic mass is 79.9.